The maximum absolute atomic E-state index is 12.9. The summed E-state index contributed by atoms with van der Waals surface area (Å²) in [5.74, 6) is 0.880. The highest BCUT2D eigenvalue weighted by Gasteiger charge is 2.34. The largest absolute Gasteiger partial charge is 0.312 e. The molecule has 2 bridgehead atoms. The van der Waals surface area contributed by atoms with E-state index in [1.54, 1.807) is 0 Å². The van der Waals surface area contributed by atoms with Gasteiger partial charge >= 0.3 is 0 Å². The number of carbonyl (C=O) groups is 1. The van der Waals surface area contributed by atoms with Crippen molar-refractivity contribution in [2.75, 3.05) is 11.4 Å². The molecule has 2 heterocycles. The molecule has 2 aliphatic heterocycles. The summed E-state index contributed by atoms with van der Waals surface area (Å²) in [5, 5.41) is 3.66. The molecule has 2 fully saturated rings. The van der Waals surface area contributed by atoms with Gasteiger partial charge in [-0.1, -0.05) is 31.5 Å². The topological polar surface area (TPSA) is 32.3 Å². The van der Waals surface area contributed by atoms with Crippen LogP contribution < -0.4 is 10.2 Å². The lowest BCUT2D eigenvalue weighted by molar-refractivity contribution is -0.119. The van der Waals surface area contributed by atoms with E-state index in [-0.39, 0.29) is 0 Å². The number of carbonyl (C=O) groups excluding carboxylic acids is 1. The Balaban J connectivity index is 1.64. The summed E-state index contributed by atoms with van der Waals surface area (Å²) >= 11 is 0. The van der Waals surface area contributed by atoms with Crippen LogP contribution in [0.3, 0.4) is 0 Å². The highest BCUT2D eigenvalue weighted by atomic mass is 16.2. The highest BCUT2D eigenvalue weighted by molar-refractivity contribution is 5.93. The van der Waals surface area contributed by atoms with Crippen LogP contribution in [-0.2, 0) is 4.79 Å². The molecule has 0 saturated carbocycles. The van der Waals surface area contributed by atoms with Crippen molar-refractivity contribution in [3.8, 4) is 0 Å². The maximum Gasteiger partial charge on any atom is 0.227 e. The predicted octanol–water partition coefficient (Wildman–Crippen LogP) is 3.74. The SMILES string of the molecule is CCCCN(C(=O)CC1CC2CCC(C1)N2)c1ccccc1. The van der Waals surface area contributed by atoms with E-state index in [0.29, 0.717) is 30.3 Å². The van der Waals surface area contributed by atoms with Gasteiger partial charge in [0.1, 0.15) is 0 Å². The molecule has 1 N–H and O–H groups in total. The van der Waals surface area contributed by atoms with E-state index in [4.69, 9.17) is 0 Å². The first-order valence-corrected chi connectivity index (χ1v) is 8.87. The zero-order valence-corrected chi connectivity index (χ0v) is 13.6. The van der Waals surface area contributed by atoms with E-state index < -0.39 is 0 Å². The summed E-state index contributed by atoms with van der Waals surface area (Å²) in [7, 11) is 0. The van der Waals surface area contributed by atoms with Gasteiger partial charge in [-0.15, -0.1) is 0 Å². The zero-order chi connectivity index (χ0) is 15.4. The number of hydrogen-bond acceptors (Lipinski definition) is 2. The van der Waals surface area contributed by atoms with Crippen LogP contribution in [0.4, 0.5) is 5.69 Å². The average molecular weight is 300 g/mol. The molecule has 2 atom stereocenters. The summed E-state index contributed by atoms with van der Waals surface area (Å²) in [6.07, 6.45) is 7.86. The Morgan fingerprint density at radius 1 is 1.18 bits per heavy atom. The molecule has 0 aliphatic carbocycles. The summed E-state index contributed by atoms with van der Waals surface area (Å²) in [6, 6.07) is 11.5. The third-order valence-electron chi connectivity index (χ3n) is 5.14. The van der Waals surface area contributed by atoms with Crippen molar-refractivity contribution >= 4 is 11.6 Å². The summed E-state index contributed by atoms with van der Waals surface area (Å²) in [4.78, 5) is 14.9. The highest BCUT2D eigenvalue weighted by Crippen LogP contribution is 2.33. The van der Waals surface area contributed by atoms with Crippen molar-refractivity contribution < 1.29 is 4.79 Å². The number of amides is 1. The van der Waals surface area contributed by atoms with Crippen molar-refractivity contribution in [2.45, 2.75) is 64.0 Å². The van der Waals surface area contributed by atoms with Crippen molar-refractivity contribution in [3.63, 3.8) is 0 Å². The van der Waals surface area contributed by atoms with Crippen LogP contribution in [0.1, 0.15) is 51.9 Å². The molecule has 2 unspecified atom stereocenters. The van der Waals surface area contributed by atoms with Gasteiger partial charge in [0.05, 0.1) is 0 Å². The fourth-order valence-electron chi connectivity index (χ4n) is 4.02. The van der Waals surface area contributed by atoms with Crippen molar-refractivity contribution in [2.24, 2.45) is 5.92 Å². The molecule has 3 nitrogen and oxygen atoms in total. The lowest BCUT2D eigenvalue weighted by atomic mass is 9.89. The first-order valence-electron chi connectivity index (χ1n) is 8.87. The number of piperidine rings is 1. The molecule has 0 spiro atoms. The quantitative estimate of drug-likeness (QED) is 0.868. The Hall–Kier alpha value is -1.35. The van der Waals surface area contributed by atoms with Crippen LogP contribution in [-0.4, -0.2) is 24.5 Å². The molecule has 3 heteroatoms. The molecule has 2 saturated heterocycles. The molecule has 0 radical (unpaired) electrons. The van der Waals surface area contributed by atoms with Gasteiger partial charge in [0.15, 0.2) is 0 Å². The Labute approximate surface area is 134 Å². The van der Waals surface area contributed by atoms with E-state index in [2.05, 4.69) is 24.4 Å². The Morgan fingerprint density at radius 2 is 1.86 bits per heavy atom. The number of hydrogen-bond donors (Lipinski definition) is 1. The number of rotatable bonds is 6. The molecule has 0 aromatic heterocycles. The third-order valence-corrected chi connectivity index (χ3v) is 5.14. The van der Waals surface area contributed by atoms with E-state index in [1.807, 2.05) is 23.1 Å². The lowest BCUT2D eigenvalue weighted by Gasteiger charge is -2.31. The first kappa shape index (κ1) is 15.5. The summed E-state index contributed by atoms with van der Waals surface area (Å²) in [6.45, 7) is 3.02. The van der Waals surface area contributed by atoms with Crippen molar-refractivity contribution in [3.05, 3.63) is 30.3 Å². The summed E-state index contributed by atoms with van der Waals surface area (Å²) in [5.41, 5.74) is 1.05. The second-order valence-electron chi connectivity index (χ2n) is 6.91. The van der Waals surface area contributed by atoms with E-state index in [1.165, 1.54) is 25.7 Å². The lowest BCUT2D eigenvalue weighted by Crippen LogP contribution is -2.40. The minimum Gasteiger partial charge on any atom is -0.312 e. The van der Waals surface area contributed by atoms with Crippen LogP contribution in [0.15, 0.2) is 30.3 Å². The fraction of sp³-hybridized carbons (Fsp3) is 0.632. The van der Waals surface area contributed by atoms with Crippen molar-refractivity contribution in [1.29, 1.82) is 0 Å². The molecule has 1 amide bonds. The minimum absolute atomic E-state index is 0.311. The smallest absolute Gasteiger partial charge is 0.227 e. The second-order valence-corrected chi connectivity index (χ2v) is 6.91. The second kappa shape index (κ2) is 7.28. The fourth-order valence-corrected chi connectivity index (χ4v) is 4.02. The van der Waals surface area contributed by atoms with Crippen LogP contribution >= 0.6 is 0 Å². The van der Waals surface area contributed by atoms with E-state index in [0.717, 1.165) is 25.1 Å². The Kier molecular flexibility index (Phi) is 5.14. The van der Waals surface area contributed by atoms with Gasteiger partial charge in [0, 0.05) is 30.7 Å². The van der Waals surface area contributed by atoms with E-state index >= 15 is 0 Å². The van der Waals surface area contributed by atoms with Crippen LogP contribution in [0.25, 0.3) is 0 Å². The monoisotopic (exact) mass is 300 g/mol. The number of nitrogens with one attached hydrogen (secondary N) is 1. The van der Waals surface area contributed by atoms with Crippen LogP contribution in [0.5, 0.6) is 0 Å². The molecule has 3 rings (SSSR count). The molecule has 22 heavy (non-hydrogen) atoms. The number of benzene rings is 1. The standard InChI is InChI=1S/C19H28N2O/c1-2-3-11-21(18-7-5-4-6-8-18)19(22)14-15-12-16-9-10-17(13-15)20-16/h4-8,15-17,20H,2-3,9-14H2,1H3. The van der Waals surface area contributed by atoms with Gasteiger partial charge in [0.2, 0.25) is 5.91 Å². The minimum atomic E-state index is 0.311. The Morgan fingerprint density at radius 3 is 2.50 bits per heavy atom. The van der Waals surface area contributed by atoms with Crippen LogP contribution in [0, 0.1) is 5.92 Å². The number of anilines is 1. The zero-order valence-electron chi connectivity index (χ0n) is 13.6. The predicted molar refractivity (Wildman–Crippen MR) is 91.0 cm³/mol. The third kappa shape index (κ3) is 3.70. The number of nitrogens with zero attached hydrogens (tertiary/aromatic N) is 1. The van der Waals surface area contributed by atoms with Gasteiger partial charge in [-0.2, -0.15) is 0 Å². The molecule has 120 valence electrons. The van der Waals surface area contributed by atoms with Gasteiger partial charge in [-0.25, -0.2) is 0 Å². The average Bonchev–Trinajstić information content (AvgIpc) is 2.87. The number of para-hydroxylation sites is 1. The summed E-state index contributed by atoms with van der Waals surface area (Å²) < 4.78 is 0. The number of fused-ring (bicyclic) bond motifs is 2. The van der Waals surface area contributed by atoms with Crippen molar-refractivity contribution in [1.82, 2.24) is 5.32 Å². The molecule has 1 aromatic rings. The molecule has 1 aromatic carbocycles. The van der Waals surface area contributed by atoms with Crippen LogP contribution in [0.2, 0.25) is 0 Å². The normalized spacial score (nSPS) is 26.9. The first-order chi connectivity index (χ1) is 10.8. The Bertz CT molecular complexity index is 475. The molecular formula is C19H28N2O. The number of unbranched alkanes of at least 4 members (excludes halogenated alkanes) is 1. The van der Waals surface area contributed by atoms with Gasteiger partial charge in [-0.3, -0.25) is 4.79 Å². The van der Waals surface area contributed by atoms with Gasteiger partial charge < -0.3 is 10.2 Å². The maximum atomic E-state index is 12.9. The molecule has 2 aliphatic rings. The van der Waals surface area contributed by atoms with E-state index in [9.17, 15) is 4.79 Å². The molecular weight excluding hydrogens is 272 g/mol. The van der Waals surface area contributed by atoms with Gasteiger partial charge in [0.25, 0.3) is 0 Å². The van der Waals surface area contributed by atoms with Gasteiger partial charge in [-0.05, 0) is 50.2 Å².